The number of benzene rings is 3. The maximum Gasteiger partial charge on any atom is 0.241 e. The maximum absolute atomic E-state index is 14.3. The van der Waals surface area contributed by atoms with Gasteiger partial charge in [-0.2, -0.15) is 0 Å². The molecule has 0 unspecified atom stereocenters. The lowest BCUT2D eigenvalue weighted by Crippen LogP contribution is -2.49. The molecule has 41 heavy (non-hydrogen) atoms. The van der Waals surface area contributed by atoms with Crippen LogP contribution in [0.2, 0.25) is 5.02 Å². The fourth-order valence-electron chi connectivity index (χ4n) is 7.76. The number of nitrogens with zero attached hydrogens (tertiary/aromatic N) is 2. The zero-order valence-electron chi connectivity index (χ0n) is 22.2. The van der Waals surface area contributed by atoms with E-state index in [1.54, 1.807) is 54.6 Å². The topological polar surface area (TPSA) is 95.0 Å². The number of phenolic OH excluding ortho intramolecular Hbond substituents is 1. The first-order valence-corrected chi connectivity index (χ1v) is 14.2. The summed E-state index contributed by atoms with van der Waals surface area (Å²) in [4.78, 5) is 58.6. The molecule has 3 fully saturated rings. The van der Waals surface area contributed by atoms with Gasteiger partial charge in [0.05, 0.1) is 34.5 Å². The Morgan fingerprint density at radius 3 is 2.07 bits per heavy atom. The molecule has 4 aliphatic rings. The third kappa shape index (κ3) is 3.51. The van der Waals surface area contributed by atoms with E-state index < -0.39 is 35.0 Å². The fraction of sp³-hybridized carbons (Fsp3) is 0.273. The van der Waals surface area contributed by atoms with Crippen molar-refractivity contribution in [1.82, 2.24) is 0 Å². The molecule has 3 aromatic carbocycles. The van der Waals surface area contributed by atoms with E-state index in [-0.39, 0.29) is 40.8 Å². The molecule has 0 radical (unpaired) electrons. The number of carbonyl (C=O) groups is 4. The molecule has 2 heterocycles. The lowest BCUT2D eigenvalue weighted by molar-refractivity contribution is -0.131. The van der Waals surface area contributed by atoms with E-state index in [1.807, 2.05) is 25.1 Å². The molecule has 7 nitrogen and oxygen atoms in total. The van der Waals surface area contributed by atoms with Crippen LogP contribution in [-0.4, -0.2) is 28.7 Å². The van der Waals surface area contributed by atoms with E-state index >= 15 is 0 Å². The largest absolute Gasteiger partial charge is 0.508 e. The Morgan fingerprint density at radius 2 is 1.44 bits per heavy atom. The number of aromatic hydroxyl groups is 1. The van der Waals surface area contributed by atoms with Gasteiger partial charge in [-0.25, -0.2) is 4.90 Å². The van der Waals surface area contributed by atoms with Crippen molar-refractivity contribution < 1.29 is 24.3 Å². The third-order valence-electron chi connectivity index (χ3n) is 9.60. The predicted molar refractivity (Wildman–Crippen MR) is 153 cm³/mol. The summed E-state index contributed by atoms with van der Waals surface area (Å²) >= 11 is 6.72. The molecule has 7 rings (SSSR count). The van der Waals surface area contributed by atoms with E-state index in [9.17, 15) is 24.3 Å². The summed E-state index contributed by atoms with van der Waals surface area (Å²) in [5.41, 5.74) is 1.29. The molecule has 206 valence electrons. The smallest absolute Gasteiger partial charge is 0.241 e. The Morgan fingerprint density at radius 1 is 0.805 bits per heavy atom. The molecule has 2 saturated heterocycles. The number of carbonyl (C=O) groups excluding carboxylic acids is 4. The summed E-state index contributed by atoms with van der Waals surface area (Å²) in [5, 5.41) is 10.4. The van der Waals surface area contributed by atoms with Crippen molar-refractivity contribution in [2.24, 2.45) is 29.1 Å². The lowest BCUT2D eigenvalue weighted by atomic mass is 9.51. The molecule has 8 heteroatoms. The van der Waals surface area contributed by atoms with E-state index in [1.165, 1.54) is 21.9 Å². The average Bonchev–Trinajstić information content (AvgIpc) is 3.34. The number of amides is 4. The number of anilines is 2. The molecule has 3 aromatic rings. The number of rotatable bonds is 3. The van der Waals surface area contributed by atoms with E-state index in [2.05, 4.69) is 0 Å². The van der Waals surface area contributed by atoms with Crippen molar-refractivity contribution in [3.8, 4) is 5.75 Å². The second-order valence-electron chi connectivity index (χ2n) is 11.6. The summed E-state index contributed by atoms with van der Waals surface area (Å²) in [6.07, 6.45) is 2.61. The van der Waals surface area contributed by atoms with E-state index in [0.717, 1.165) is 5.57 Å². The first-order valence-electron chi connectivity index (χ1n) is 13.8. The van der Waals surface area contributed by atoms with Gasteiger partial charge in [-0.1, -0.05) is 65.7 Å². The molecular formula is C33H27ClN2O5. The quantitative estimate of drug-likeness (QED) is 0.334. The van der Waals surface area contributed by atoms with Gasteiger partial charge >= 0.3 is 0 Å². The van der Waals surface area contributed by atoms with Gasteiger partial charge in [0.1, 0.15) is 5.75 Å². The highest BCUT2D eigenvalue weighted by molar-refractivity contribution is 6.32. The van der Waals surface area contributed by atoms with Crippen molar-refractivity contribution in [2.75, 3.05) is 9.80 Å². The number of hydrogen-bond donors (Lipinski definition) is 1. The van der Waals surface area contributed by atoms with Crippen molar-refractivity contribution in [3.05, 3.63) is 101 Å². The number of fused-ring (bicyclic) bond motifs is 4. The van der Waals surface area contributed by atoms with Gasteiger partial charge in [0, 0.05) is 10.9 Å². The Kier molecular flexibility index (Phi) is 5.74. The monoisotopic (exact) mass is 566 g/mol. The van der Waals surface area contributed by atoms with Gasteiger partial charge < -0.3 is 5.11 Å². The summed E-state index contributed by atoms with van der Waals surface area (Å²) in [6.45, 7) is 1.82. The van der Waals surface area contributed by atoms with Crippen LogP contribution in [-0.2, 0) is 19.2 Å². The second kappa shape index (κ2) is 9.14. The Labute approximate surface area is 242 Å². The van der Waals surface area contributed by atoms with E-state index in [0.29, 0.717) is 23.4 Å². The highest BCUT2D eigenvalue weighted by Gasteiger charge is 2.67. The molecule has 1 N–H and O–H groups in total. The zero-order valence-corrected chi connectivity index (χ0v) is 23.0. The Hall–Kier alpha value is -4.23. The standard InChI is InChI=1S/C33H27ClN2O5/c1-33-25(30(39)36(32(33)41)19-10-6-3-7-11-19)17-24-21(28(33)22-13-12-20(37)16-26(22)34)14-15-23-27(24)31(40)35(29(23)38)18-8-4-2-5-9-18/h2-14,16,23-25,27-28,37H,15,17H2,1H3/t23-,24+,25-,27-,28+,33+/m0/s1. The first-order chi connectivity index (χ1) is 19.7. The van der Waals surface area contributed by atoms with Gasteiger partial charge in [0.25, 0.3) is 0 Å². The number of para-hydroxylation sites is 2. The molecule has 4 amide bonds. The van der Waals surface area contributed by atoms with Crippen molar-refractivity contribution in [1.29, 1.82) is 0 Å². The molecule has 2 aliphatic heterocycles. The molecule has 1 saturated carbocycles. The highest BCUT2D eigenvalue weighted by atomic mass is 35.5. The first kappa shape index (κ1) is 25.7. The van der Waals surface area contributed by atoms with Crippen LogP contribution in [0.5, 0.6) is 5.75 Å². The number of imide groups is 2. The maximum atomic E-state index is 14.3. The van der Waals surface area contributed by atoms with Crippen LogP contribution in [0, 0.1) is 29.1 Å². The minimum absolute atomic E-state index is 0.0136. The molecule has 6 atom stereocenters. The SMILES string of the molecule is C[C@@]12C(=O)N(c3ccccc3)C(=O)[C@@H]1C[C@@H]1C(=CC[C@@H]3C(=O)N(c4ccccc4)C(=O)[C@@H]31)[C@@H]2c1ccc(O)cc1Cl. The molecule has 2 aliphatic carbocycles. The van der Waals surface area contributed by atoms with Crippen LogP contribution >= 0.6 is 11.6 Å². The third-order valence-corrected chi connectivity index (χ3v) is 9.93. The van der Waals surface area contributed by atoms with Gasteiger partial charge in [0.2, 0.25) is 23.6 Å². The number of hydrogen-bond acceptors (Lipinski definition) is 5. The van der Waals surface area contributed by atoms with Crippen LogP contribution < -0.4 is 9.80 Å². The summed E-state index contributed by atoms with van der Waals surface area (Å²) in [7, 11) is 0. The van der Waals surface area contributed by atoms with E-state index in [4.69, 9.17) is 11.6 Å². The summed E-state index contributed by atoms with van der Waals surface area (Å²) in [6, 6.07) is 22.4. The molecule has 0 bridgehead atoms. The van der Waals surface area contributed by atoms with Crippen LogP contribution in [0.1, 0.15) is 31.2 Å². The second-order valence-corrected chi connectivity index (χ2v) is 12.0. The number of phenols is 1. The fourth-order valence-corrected chi connectivity index (χ4v) is 8.05. The number of halogens is 1. The van der Waals surface area contributed by atoms with Gasteiger partial charge in [-0.15, -0.1) is 0 Å². The van der Waals surface area contributed by atoms with Crippen LogP contribution in [0.15, 0.2) is 90.5 Å². The van der Waals surface area contributed by atoms with Gasteiger partial charge in [0.15, 0.2) is 0 Å². The lowest BCUT2D eigenvalue weighted by Gasteiger charge is -2.49. The summed E-state index contributed by atoms with van der Waals surface area (Å²) < 4.78 is 0. The zero-order chi connectivity index (χ0) is 28.6. The molecule has 0 spiro atoms. The average molecular weight is 567 g/mol. The molecule has 0 aromatic heterocycles. The number of allylic oxidation sites excluding steroid dienone is 2. The van der Waals surface area contributed by atoms with Crippen LogP contribution in [0.3, 0.4) is 0 Å². The van der Waals surface area contributed by atoms with Crippen LogP contribution in [0.25, 0.3) is 0 Å². The van der Waals surface area contributed by atoms with Gasteiger partial charge in [-0.3, -0.25) is 24.1 Å². The molecular weight excluding hydrogens is 540 g/mol. The highest BCUT2D eigenvalue weighted by Crippen LogP contribution is 2.64. The minimum atomic E-state index is -1.19. The minimum Gasteiger partial charge on any atom is -0.508 e. The van der Waals surface area contributed by atoms with Crippen LogP contribution in [0.4, 0.5) is 11.4 Å². The predicted octanol–water partition coefficient (Wildman–Crippen LogP) is 5.48. The Balaban J connectivity index is 1.39. The van der Waals surface area contributed by atoms with Gasteiger partial charge in [-0.05, 0) is 67.6 Å². The Bertz CT molecular complexity index is 1650. The normalized spacial score (nSPS) is 30.7. The summed E-state index contributed by atoms with van der Waals surface area (Å²) in [5.74, 6) is -4.17. The van der Waals surface area contributed by atoms with Crippen molar-refractivity contribution >= 4 is 46.6 Å². The van der Waals surface area contributed by atoms with Crippen molar-refractivity contribution in [2.45, 2.75) is 25.7 Å². The van der Waals surface area contributed by atoms with Crippen molar-refractivity contribution in [3.63, 3.8) is 0 Å².